The summed E-state index contributed by atoms with van der Waals surface area (Å²) in [6.45, 7) is 10.0. The van der Waals surface area contributed by atoms with Gasteiger partial charge in [-0.15, -0.1) is 0 Å². The van der Waals surface area contributed by atoms with E-state index in [1.54, 1.807) is 9.58 Å². The molecule has 0 radical (unpaired) electrons. The SMILES string of the molecule is CC(C)(C)OC(=O)N1CCN(CCCn2cc([N+](=O)[O-])cn2)CC1. The number of piperazine rings is 1. The van der Waals surface area contributed by atoms with Gasteiger partial charge in [0, 0.05) is 39.3 Å². The molecule has 1 aliphatic heterocycles. The lowest BCUT2D eigenvalue weighted by Crippen LogP contribution is -2.50. The smallest absolute Gasteiger partial charge is 0.410 e. The Morgan fingerprint density at radius 1 is 1.29 bits per heavy atom. The Morgan fingerprint density at radius 2 is 1.96 bits per heavy atom. The second kappa shape index (κ2) is 7.61. The van der Waals surface area contributed by atoms with Crippen LogP contribution in [0.1, 0.15) is 27.2 Å². The molecule has 0 unspecified atom stereocenters. The van der Waals surface area contributed by atoms with Gasteiger partial charge in [0.25, 0.3) is 0 Å². The van der Waals surface area contributed by atoms with Crippen LogP contribution < -0.4 is 0 Å². The summed E-state index contributed by atoms with van der Waals surface area (Å²) >= 11 is 0. The van der Waals surface area contributed by atoms with Crippen LogP contribution in [0.4, 0.5) is 10.5 Å². The number of nitrogens with zero attached hydrogens (tertiary/aromatic N) is 5. The predicted octanol–water partition coefficient (Wildman–Crippen LogP) is 1.73. The second-order valence-electron chi connectivity index (χ2n) is 6.88. The van der Waals surface area contributed by atoms with Gasteiger partial charge in [-0.2, -0.15) is 5.10 Å². The lowest BCUT2D eigenvalue weighted by molar-refractivity contribution is -0.385. The molecule has 0 aliphatic carbocycles. The van der Waals surface area contributed by atoms with Crippen LogP contribution in [0.3, 0.4) is 0 Å². The zero-order valence-corrected chi connectivity index (χ0v) is 14.5. The molecule has 9 nitrogen and oxygen atoms in total. The zero-order chi connectivity index (χ0) is 17.7. The molecule has 0 aromatic carbocycles. The van der Waals surface area contributed by atoms with Crippen LogP contribution in [0.5, 0.6) is 0 Å². The molecule has 2 rings (SSSR count). The van der Waals surface area contributed by atoms with Crippen molar-refractivity contribution in [1.82, 2.24) is 19.6 Å². The molecule has 1 aliphatic rings. The maximum atomic E-state index is 12.0. The van der Waals surface area contributed by atoms with Gasteiger partial charge in [0.2, 0.25) is 0 Å². The van der Waals surface area contributed by atoms with Gasteiger partial charge in [-0.3, -0.25) is 19.7 Å². The van der Waals surface area contributed by atoms with Gasteiger partial charge in [0.15, 0.2) is 0 Å². The van der Waals surface area contributed by atoms with Gasteiger partial charge >= 0.3 is 11.8 Å². The highest BCUT2D eigenvalue weighted by Gasteiger charge is 2.25. The minimum absolute atomic E-state index is 0.0148. The summed E-state index contributed by atoms with van der Waals surface area (Å²) in [5.74, 6) is 0. The number of hydrogen-bond donors (Lipinski definition) is 0. The Labute approximate surface area is 141 Å². The van der Waals surface area contributed by atoms with Crippen molar-refractivity contribution < 1.29 is 14.5 Å². The number of aromatic nitrogens is 2. The van der Waals surface area contributed by atoms with Gasteiger partial charge in [0.05, 0.1) is 4.92 Å². The van der Waals surface area contributed by atoms with E-state index in [-0.39, 0.29) is 11.8 Å². The molecule has 0 spiro atoms. The molecule has 134 valence electrons. The topological polar surface area (TPSA) is 93.7 Å². The second-order valence-corrected chi connectivity index (χ2v) is 6.88. The third-order valence-corrected chi connectivity index (χ3v) is 3.72. The fourth-order valence-electron chi connectivity index (χ4n) is 2.51. The van der Waals surface area contributed by atoms with E-state index < -0.39 is 10.5 Å². The third-order valence-electron chi connectivity index (χ3n) is 3.72. The predicted molar refractivity (Wildman–Crippen MR) is 87.7 cm³/mol. The molecule has 1 aromatic heterocycles. The molecule has 2 heterocycles. The lowest BCUT2D eigenvalue weighted by Gasteiger charge is -2.35. The normalized spacial score (nSPS) is 16.2. The first-order chi connectivity index (χ1) is 11.2. The highest BCUT2D eigenvalue weighted by Crippen LogP contribution is 2.12. The van der Waals surface area contributed by atoms with E-state index in [1.165, 1.54) is 12.4 Å². The molecule has 0 atom stereocenters. The van der Waals surface area contributed by atoms with Gasteiger partial charge in [-0.05, 0) is 27.2 Å². The van der Waals surface area contributed by atoms with Gasteiger partial charge in [-0.1, -0.05) is 0 Å². The van der Waals surface area contributed by atoms with Crippen molar-refractivity contribution in [1.29, 1.82) is 0 Å². The van der Waals surface area contributed by atoms with Crippen molar-refractivity contribution in [3.05, 3.63) is 22.5 Å². The van der Waals surface area contributed by atoms with Crippen LogP contribution in [0.15, 0.2) is 12.4 Å². The molecule has 0 saturated carbocycles. The first kappa shape index (κ1) is 18.2. The van der Waals surface area contributed by atoms with Crippen LogP contribution in [0.2, 0.25) is 0 Å². The highest BCUT2D eigenvalue weighted by molar-refractivity contribution is 5.68. The lowest BCUT2D eigenvalue weighted by atomic mass is 10.2. The largest absolute Gasteiger partial charge is 0.444 e. The Bertz CT molecular complexity index is 573. The molecule has 0 N–H and O–H groups in total. The molecular weight excluding hydrogens is 314 g/mol. The minimum atomic E-state index is -0.472. The molecule has 1 fully saturated rings. The molecular formula is C15H25N5O4. The Balaban J connectivity index is 1.67. The maximum Gasteiger partial charge on any atom is 0.410 e. The monoisotopic (exact) mass is 339 g/mol. The van der Waals surface area contributed by atoms with Crippen LogP contribution >= 0.6 is 0 Å². The van der Waals surface area contributed by atoms with Crippen LogP contribution in [-0.2, 0) is 11.3 Å². The van der Waals surface area contributed by atoms with Crippen LogP contribution in [-0.4, -0.2) is 68.9 Å². The van der Waals surface area contributed by atoms with E-state index in [0.717, 1.165) is 26.1 Å². The zero-order valence-electron chi connectivity index (χ0n) is 14.5. The molecule has 1 amide bonds. The molecule has 24 heavy (non-hydrogen) atoms. The standard InChI is InChI=1S/C15H25N5O4/c1-15(2,3)24-14(21)18-9-7-17(8-10-18)5-4-6-19-12-13(11-16-19)20(22)23/h11-12H,4-10H2,1-3H3. The highest BCUT2D eigenvalue weighted by atomic mass is 16.6. The summed E-state index contributed by atoms with van der Waals surface area (Å²) in [6.07, 6.45) is 3.30. The van der Waals surface area contributed by atoms with Crippen molar-refractivity contribution >= 4 is 11.8 Å². The number of hydrogen-bond acceptors (Lipinski definition) is 6. The van der Waals surface area contributed by atoms with E-state index >= 15 is 0 Å². The summed E-state index contributed by atoms with van der Waals surface area (Å²) < 4.78 is 6.97. The Kier molecular flexibility index (Phi) is 5.76. The summed E-state index contributed by atoms with van der Waals surface area (Å²) in [4.78, 5) is 26.2. The average molecular weight is 339 g/mol. The number of carbonyl (C=O) groups is 1. The average Bonchev–Trinajstić information content (AvgIpc) is 2.95. The summed E-state index contributed by atoms with van der Waals surface area (Å²) in [6, 6.07) is 0. The van der Waals surface area contributed by atoms with Crippen molar-refractivity contribution in [3.63, 3.8) is 0 Å². The van der Waals surface area contributed by atoms with Crippen molar-refractivity contribution in [2.75, 3.05) is 32.7 Å². The third kappa shape index (κ3) is 5.48. The molecule has 9 heteroatoms. The van der Waals surface area contributed by atoms with Gasteiger partial charge < -0.3 is 9.64 Å². The quantitative estimate of drug-likeness (QED) is 0.599. The number of nitro groups is 1. The Morgan fingerprint density at radius 3 is 2.50 bits per heavy atom. The van der Waals surface area contributed by atoms with Gasteiger partial charge in [-0.25, -0.2) is 4.79 Å². The fourth-order valence-corrected chi connectivity index (χ4v) is 2.51. The van der Waals surface area contributed by atoms with E-state index in [4.69, 9.17) is 4.74 Å². The molecule has 1 aromatic rings. The van der Waals surface area contributed by atoms with E-state index in [0.29, 0.717) is 19.6 Å². The molecule has 0 bridgehead atoms. The summed E-state index contributed by atoms with van der Waals surface area (Å²) in [7, 11) is 0. The fraction of sp³-hybridized carbons (Fsp3) is 0.733. The van der Waals surface area contributed by atoms with Crippen LogP contribution in [0.25, 0.3) is 0 Å². The number of rotatable bonds is 5. The van der Waals surface area contributed by atoms with Crippen molar-refractivity contribution in [2.24, 2.45) is 0 Å². The summed E-state index contributed by atoms with van der Waals surface area (Å²) in [5.41, 5.74) is -0.457. The van der Waals surface area contributed by atoms with Crippen molar-refractivity contribution in [2.45, 2.75) is 39.3 Å². The number of aryl methyl sites for hydroxylation is 1. The first-order valence-corrected chi connectivity index (χ1v) is 8.12. The summed E-state index contributed by atoms with van der Waals surface area (Å²) in [5, 5.41) is 14.6. The first-order valence-electron chi connectivity index (χ1n) is 8.12. The number of carbonyl (C=O) groups excluding carboxylic acids is 1. The van der Waals surface area contributed by atoms with E-state index in [9.17, 15) is 14.9 Å². The number of amides is 1. The van der Waals surface area contributed by atoms with Crippen molar-refractivity contribution in [3.8, 4) is 0 Å². The Hall–Kier alpha value is -2.16. The molecule has 1 saturated heterocycles. The maximum absolute atomic E-state index is 12.0. The van der Waals surface area contributed by atoms with E-state index in [1.807, 2.05) is 20.8 Å². The minimum Gasteiger partial charge on any atom is -0.444 e. The number of ether oxygens (including phenoxy) is 1. The van der Waals surface area contributed by atoms with Gasteiger partial charge in [0.1, 0.15) is 18.0 Å². The van der Waals surface area contributed by atoms with Crippen LogP contribution in [0, 0.1) is 10.1 Å². The van der Waals surface area contributed by atoms with E-state index in [2.05, 4.69) is 10.00 Å².